The van der Waals surface area contributed by atoms with Crippen LogP contribution in [-0.2, 0) is 0 Å². The topological polar surface area (TPSA) is 26.0 Å². The van der Waals surface area contributed by atoms with E-state index in [0.717, 1.165) is 24.7 Å². The molecule has 1 aromatic carbocycles. The van der Waals surface area contributed by atoms with E-state index in [1.807, 2.05) is 0 Å². The van der Waals surface area contributed by atoms with Gasteiger partial charge in [0.25, 0.3) is 0 Å². The maximum Gasteiger partial charge on any atom is 0.150 e. The smallest absolute Gasteiger partial charge is 0.150 e. The second kappa shape index (κ2) is 5.20. The fourth-order valence-corrected chi connectivity index (χ4v) is 2.11. The summed E-state index contributed by atoms with van der Waals surface area (Å²) in [6, 6.07) is 2.08. The quantitative estimate of drug-likeness (QED) is 0.475. The molecule has 1 aromatic rings. The van der Waals surface area contributed by atoms with E-state index in [2.05, 4.69) is 6.92 Å². The van der Waals surface area contributed by atoms with Crippen LogP contribution in [0, 0.1) is 11.6 Å². The van der Waals surface area contributed by atoms with Gasteiger partial charge in [-0.25, -0.2) is 8.78 Å². The number of hydrogen-bond acceptors (Lipinski definition) is 2. The number of unbranched alkanes of at least 4 members (excludes halogenated alkanes) is 1. The lowest BCUT2D eigenvalue weighted by molar-refractivity contribution is 0.581. The van der Waals surface area contributed by atoms with Crippen LogP contribution in [0.25, 0.3) is 0 Å². The van der Waals surface area contributed by atoms with Gasteiger partial charge in [0, 0.05) is 11.0 Å². The number of nitrogens with two attached hydrogens (primary N) is 1. The van der Waals surface area contributed by atoms with Crippen molar-refractivity contribution >= 4 is 17.4 Å². The average molecular weight is 217 g/mol. The molecule has 0 radical (unpaired) electrons. The normalized spacial score (nSPS) is 10.5. The van der Waals surface area contributed by atoms with Crippen molar-refractivity contribution < 1.29 is 8.78 Å². The van der Waals surface area contributed by atoms with Crippen LogP contribution in [0.2, 0.25) is 0 Å². The molecule has 0 aliphatic heterocycles. The zero-order valence-electron chi connectivity index (χ0n) is 8.02. The fraction of sp³-hybridized carbons (Fsp3) is 0.400. The lowest BCUT2D eigenvalue weighted by Crippen LogP contribution is -1.95. The van der Waals surface area contributed by atoms with Gasteiger partial charge < -0.3 is 5.73 Å². The first-order valence-electron chi connectivity index (χ1n) is 4.52. The summed E-state index contributed by atoms with van der Waals surface area (Å²) in [7, 11) is 0. The molecule has 0 aromatic heterocycles. The number of halogens is 2. The van der Waals surface area contributed by atoms with Gasteiger partial charge in [-0.2, -0.15) is 0 Å². The molecule has 0 unspecified atom stereocenters. The van der Waals surface area contributed by atoms with Crippen LogP contribution in [-0.4, -0.2) is 5.75 Å². The third kappa shape index (κ3) is 2.87. The minimum Gasteiger partial charge on any atom is -0.395 e. The van der Waals surface area contributed by atoms with Crippen LogP contribution in [0.3, 0.4) is 0 Å². The van der Waals surface area contributed by atoms with Gasteiger partial charge in [-0.05, 0) is 18.2 Å². The van der Waals surface area contributed by atoms with Crippen LogP contribution in [0.5, 0.6) is 0 Å². The number of thioether (sulfide) groups is 1. The van der Waals surface area contributed by atoms with Crippen molar-refractivity contribution in [2.75, 3.05) is 11.5 Å². The Bertz CT molecular complexity index is 315. The fourth-order valence-electron chi connectivity index (χ4n) is 1.01. The molecule has 0 heterocycles. The summed E-state index contributed by atoms with van der Waals surface area (Å²) in [6.45, 7) is 2.07. The number of benzene rings is 1. The van der Waals surface area contributed by atoms with Crippen molar-refractivity contribution in [1.82, 2.24) is 0 Å². The number of nitrogen functional groups attached to an aromatic ring is 1. The summed E-state index contributed by atoms with van der Waals surface area (Å²) in [5.41, 5.74) is 5.52. The van der Waals surface area contributed by atoms with Crippen LogP contribution in [0.4, 0.5) is 14.5 Å². The molecular formula is C10H13F2NS. The first-order chi connectivity index (χ1) is 6.65. The number of anilines is 1. The van der Waals surface area contributed by atoms with Gasteiger partial charge >= 0.3 is 0 Å². The molecule has 78 valence electrons. The lowest BCUT2D eigenvalue weighted by atomic mass is 10.3. The molecular weight excluding hydrogens is 204 g/mol. The van der Waals surface area contributed by atoms with E-state index in [1.54, 1.807) is 0 Å². The molecule has 0 amide bonds. The third-order valence-corrected chi connectivity index (χ3v) is 2.95. The minimum absolute atomic E-state index is 0.0486. The molecule has 0 saturated heterocycles. The van der Waals surface area contributed by atoms with E-state index in [9.17, 15) is 8.78 Å². The van der Waals surface area contributed by atoms with E-state index in [-0.39, 0.29) is 5.69 Å². The third-order valence-electron chi connectivity index (χ3n) is 1.81. The Labute approximate surface area is 86.7 Å². The Kier molecular flexibility index (Phi) is 4.20. The van der Waals surface area contributed by atoms with Gasteiger partial charge in [0.2, 0.25) is 0 Å². The van der Waals surface area contributed by atoms with Crippen LogP contribution in [0.15, 0.2) is 17.0 Å². The van der Waals surface area contributed by atoms with Crippen LogP contribution >= 0.6 is 11.8 Å². The highest BCUT2D eigenvalue weighted by atomic mass is 32.2. The van der Waals surface area contributed by atoms with Crippen LogP contribution < -0.4 is 5.73 Å². The largest absolute Gasteiger partial charge is 0.395 e. The summed E-state index contributed by atoms with van der Waals surface area (Å²) in [4.78, 5) is 0.496. The van der Waals surface area contributed by atoms with Crippen molar-refractivity contribution in [3.05, 3.63) is 23.8 Å². The van der Waals surface area contributed by atoms with Crippen molar-refractivity contribution in [2.24, 2.45) is 0 Å². The Morgan fingerprint density at radius 3 is 2.71 bits per heavy atom. The van der Waals surface area contributed by atoms with E-state index in [0.29, 0.717) is 4.90 Å². The predicted octanol–water partition coefficient (Wildman–Crippen LogP) is 3.44. The van der Waals surface area contributed by atoms with Gasteiger partial charge in [0.1, 0.15) is 11.6 Å². The summed E-state index contributed by atoms with van der Waals surface area (Å²) in [5.74, 6) is -0.413. The lowest BCUT2D eigenvalue weighted by Gasteiger charge is -2.05. The average Bonchev–Trinajstić information content (AvgIpc) is 2.13. The highest BCUT2D eigenvalue weighted by Crippen LogP contribution is 2.28. The molecule has 1 rings (SSSR count). The van der Waals surface area contributed by atoms with Gasteiger partial charge in [0.15, 0.2) is 0 Å². The Morgan fingerprint density at radius 1 is 1.36 bits per heavy atom. The maximum absolute atomic E-state index is 13.0. The predicted molar refractivity (Wildman–Crippen MR) is 56.4 cm³/mol. The maximum atomic E-state index is 13.0. The Balaban J connectivity index is 2.75. The van der Waals surface area contributed by atoms with Gasteiger partial charge in [-0.1, -0.05) is 13.3 Å². The molecule has 0 bridgehead atoms. The SMILES string of the molecule is CCCCSc1cc(F)cc(F)c1N. The van der Waals surface area contributed by atoms with E-state index in [1.165, 1.54) is 17.8 Å². The zero-order valence-corrected chi connectivity index (χ0v) is 8.83. The number of hydrogen-bond donors (Lipinski definition) is 1. The first kappa shape index (κ1) is 11.3. The molecule has 0 spiro atoms. The molecule has 0 saturated carbocycles. The van der Waals surface area contributed by atoms with Gasteiger partial charge in [-0.3, -0.25) is 0 Å². The summed E-state index contributed by atoms with van der Waals surface area (Å²) >= 11 is 1.39. The molecule has 4 heteroatoms. The standard InChI is InChI=1S/C10H13F2NS/c1-2-3-4-14-9-6-7(11)5-8(12)10(9)13/h5-6H,2-4,13H2,1H3. The summed E-state index contributed by atoms with van der Waals surface area (Å²) in [5, 5.41) is 0. The molecule has 0 atom stereocenters. The molecule has 0 aliphatic rings. The highest BCUT2D eigenvalue weighted by Gasteiger charge is 2.07. The van der Waals surface area contributed by atoms with Crippen molar-refractivity contribution in [3.8, 4) is 0 Å². The van der Waals surface area contributed by atoms with Gasteiger partial charge in [-0.15, -0.1) is 11.8 Å². The van der Waals surface area contributed by atoms with E-state index >= 15 is 0 Å². The zero-order chi connectivity index (χ0) is 10.6. The second-order valence-corrected chi connectivity index (χ2v) is 4.14. The highest BCUT2D eigenvalue weighted by molar-refractivity contribution is 7.99. The van der Waals surface area contributed by atoms with Crippen molar-refractivity contribution in [3.63, 3.8) is 0 Å². The molecule has 0 fully saturated rings. The molecule has 14 heavy (non-hydrogen) atoms. The van der Waals surface area contributed by atoms with E-state index < -0.39 is 11.6 Å². The Hall–Kier alpha value is -0.770. The van der Waals surface area contributed by atoms with Crippen LogP contribution in [0.1, 0.15) is 19.8 Å². The summed E-state index contributed by atoms with van der Waals surface area (Å²) in [6.07, 6.45) is 2.08. The number of rotatable bonds is 4. The minimum atomic E-state index is -0.677. The first-order valence-corrected chi connectivity index (χ1v) is 5.51. The summed E-state index contributed by atoms with van der Waals surface area (Å²) < 4.78 is 25.8. The Morgan fingerprint density at radius 2 is 2.07 bits per heavy atom. The second-order valence-electron chi connectivity index (χ2n) is 3.00. The molecule has 2 N–H and O–H groups in total. The van der Waals surface area contributed by atoms with E-state index in [4.69, 9.17) is 5.73 Å². The monoisotopic (exact) mass is 217 g/mol. The molecule has 0 aliphatic carbocycles. The van der Waals surface area contributed by atoms with Gasteiger partial charge in [0.05, 0.1) is 5.69 Å². The molecule has 1 nitrogen and oxygen atoms in total. The van der Waals surface area contributed by atoms with Crippen molar-refractivity contribution in [2.45, 2.75) is 24.7 Å². The van der Waals surface area contributed by atoms with Crippen molar-refractivity contribution in [1.29, 1.82) is 0 Å².